The van der Waals surface area contributed by atoms with Gasteiger partial charge in [0.05, 0.1) is 17.2 Å². The van der Waals surface area contributed by atoms with Crippen LogP contribution < -0.4 is 5.32 Å². The largest absolute Gasteiger partial charge is 0.480 e. The standard InChI is InChI=1S/C22H21NO4S/c24-21(15-16-10-11-17-6-4-5-7-18(17)14-16)23-20(22(25)26)12-13-28(27)19-8-2-1-3-9-19/h1-11,14,20H,12-13,15H2,(H,23,24)(H,25,26)/t20-,28-/m0/s1. The summed E-state index contributed by atoms with van der Waals surface area (Å²) in [6, 6.07) is 21.4. The second kappa shape index (κ2) is 9.28. The zero-order valence-electron chi connectivity index (χ0n) is 15.2. The molecule has 6 heteroatoms. The molecule has 0 saturated heterocycles. The molecule has 2 N–H and O–H groups in total. The fourth-order valence-corrected chi connectivity index (χ4v) is 4.10. The number of carbonyl (C=O) groups excluding carboxylic acids is 1. The number of carboxylic acid groups (broad SMARTS) is 1. The minimum atomic E-state index is -1.30. The van der Waals surface area contributed by atoms with Crippen molar-refractivity contribution in [1.82, 2.24) is 5.32 Å². The number of carboxylic acids is 1. The SMILES string of the molecule is O=C(Cc1ccc2ccccc2c1)N[C@@H](CC[S@](=O)c1ccccc1)C(=O)O. The predicted octanol–water partition coefficient (Wildman–Crippen LogP) is 3.15. The van der Waals surface area contributed by atoms with Crippen LogP contribution in [0, 0.1) is 0 Å². The Labute approximate surface area is 165 Å². The molecule has 0 aliphatic carbocycles. The van der Waals surface area contributed by atoms with Crippen LogP contribution in [0.15, 0.2) is 77.7 Å². The molecule has 28 heavy (non-hydrogen) atoms. The Morgan fingerprint density at radius 1 is 0.929 bits per heavy atom. The Morgan fingerprint density at radius 2 is 1.61 bits per heavy atom. The summed E-state index contributed by atoms with van der Waals surface area (Å²) in [5.74, 6) is -1.33. The van der Waals surface area contributed by atoms with Gasteiger partial charge in [-0.3, -0.25) is 9.00 Å². The van der Waals surface area contributed by atoms with Gasteiger partial charge in [0.15, 0.2) is 0 Å². The third-order valence-corrected chi connectivity index (χ3v) is 5.81. The molecule has 0 saturated carbocycles. The van der Waals surface area contributed by atoms with Crippen molar-refractivity contribution in [2.45, 2.75) is 23.8 Å². The van der Waals surface area contributed by atoms with Crippen molar-refractivity contribution in [3.63, 3.8) is 0 Å². The Bertz CT molecular complexity index is 1000. The first kappa shape index (κ1) is 19.8. The third-order valence-electron chi connectivity index (χ3n) is 4.41. The van der Waals surface area contributed by atoms with Gasteiger partial charge in [-0.05, 0) is 34.9 Å². The molecule has 0 bridgehead atoms. The van der Waals surface area contributed by atoms with Crippen LogP contribution in [0.1, 0.15) is 12.0 Å². The molecule has 0 heterocycles. The van der Waals surface area contributed by atoms with Crippen molar-refractivity contribution in [2.24, 2.45) is 0 Å². The highest BCUT2D eigenvalue weighted by Crippen LogP contribution is 2.16. The van der Waals surface area contributed by atoms with Crippen molar-refractivity contribution in [3.8, 4) is 0 Å². The van der Waals surface area contributed by atoms with Crippen LogP contribution in [-0.4, -0.2) is 33.0 Å². The highest BCUT2D eigenvalue weighted by atomic mass is 32.2. The highest BCUT2D eigenvalue weighted by molar-refractivity contribution is 7.85. The normalized spacial score (nSPS) is 13.0. The highest BCUT2D eigenvalue weighted by Gasteiger charge is 2.21. The summed E-state index contributed by atoms with van der Waals surface area (Å²) >= 11 is 0. The summed E-state index contributed by atoms with van der Waals surface area (Å²) in [5.41, 5.74) is 0.813. The second-order valence-electron chi connectivity index (χ2n) is 6.47. The summed E-state index contributed by atoms with van der Waals surface area (Å²) in [7, 11) is -1.30. The minimum Gasteiger partial charge on any atom is -0.480 e. The first-order valence-electron chi connectivity index (χ1n) is 8.96. The van der Waals surface area contributed by atoms with E-state index < -0.39 is 22.8 Å². The fourth-order valence-electron chi connectivity index (χ4n) is 2.95. The number of hydrogen-bond donors (Lipinski definition) is 2. The molecule has 5 nitrogen and oxygen atoms in total. The van der Waals surface area contributed by atoms with Gasteiger partial charge >= 0.3 is 5.97 Å². The van der Waals surface area contributed by atoms with E-state index in [1.807, 2.05) is 48.5 Å². The monoisotopic (exact) mass is 395 g/mol. The molecule has 0 radical (unpaired) electrons. The summed E-state index contributed by atoms with van der Waals surface area (Å²) in [6.45, 7) is 0. The van der Waals surface area contributed by atoms with Gasteiger partial charge in [-0.2, -0.15) is 0 Å². The van der Waals surface area contributed by atoms with E-state index in [1.54, 1.807) is 24.3 Å². The molecule has 0 aromatic heterocycles. The maximum absolute atomic E-state index is 12.3. The summed E-state index contributed by atoms with van der Waals surface area (Å²) < 4.78 is 12.3. The number of rotatable bonds is 8. The average Bonchev–Trinajstić information content (AvgIpc) is 2.71. The Kier molecular flexibility index (Phi) is 6.55. The maximum Gasteiger partial charge on any atom is 0.326 e. The first-order chi connectivity index (χ1) is 13.5. The number of fused-ring (bicyclic) bond motifs is 1. The zero-order valence-corrected chi connectivity index (χ0v) is 16.0. The molecule has 2 atom stereocenters. The van der Waals surface area contributed by atoms with Gasteiger partial charge in [0.25, 0.3) is 0 Å². The molecule has 0 spiro atoms. The number of hydrogen-bond acceptors (Lipinski definition) is 3. The van der Waals surface area contributed by atoms with Crippen LogP contribution in [0.3, 0.4) is 0 Å². The van der Waals surface area contributed by atoms with Crippen LogP contribution >= 0.6 is 0 Å². The van der Waals surface area contributed by atoms with Crippen molar-refractivity contribution < 1.29 is 18.9 Å². The van der Waals surface area contributed by atoms with Gasteiger partial charge in [0.2, 0.25) is 5.91 Å². The first-order valence-corrected chi connectivity index (χ1v) is 10.3. The predicted molar refractivity (Wildman–Crippen MR) is 110 cm³/mol. The number of aliphatic carboxylic acids is 1. The van der Waals surface area contributed by atoms with Crippen LogP contribution in [-0.2, 0) is 26.8 Å². The van der Waals surface area contributed by atoms with Gasteiger partial charge < -0.3 is 10.4 Å². The molecular weight excluding hydrogens is 374 g/mol. The quantitative estimate of drug-likeness (QED) is 0.614. The third kappa shape index (κ3) is 5.27. The number of carbonyl (C=O) groups is 2. The Balaban J connectivity index is 1.59. The molecule has 3 aromatic rings. The van der Waals surface area contributed by atoms with Crippen LogP contribution in [0.4, 0.5) is 0 Å². The van der Waals surface area contributed by atoms with Gasteiger partial charge in [0.1, 0.15) is 6.04 Å². The summed E-state index contributed by atoms with van der Waals surface area (Å²) in [5, 5.41) is 14.1. The Hall–Kier alpha value is -2.99. The van der Waals surface area contributed by atoms with Gasteiger partial charge in [-0.1, -0.05) is 60.7 Å². The number of benzene rings is 3. The molecule has 3 rings (SSSR count). The van der Waals surface area contributed by atoms with Gasteiger partial charge in [-0.15, -0.1) is 0 Å². The molecule has 0 aliphatic heterocycles. The molecular formula is C22H21NO4S. The van der Waals surface area contributed by atoms with Crippen LogP contribution in [0.25, 0.3) is 10.8 Å². The van der Waals surface area contributed by atoms with E-state index in [-0.39, 0.29) is 24.5 Å². The van der Waals surface area contributed by atoms with E-state index in [1.165, 1.54) is 0 Å². The van der Waals surface area contributed by atoms with Crippen molar-refractivity contribution in [1.29, 1.82) is 0 Å². The maximum atomic E-state index is 12.3. The smallest absolute Gasteiger partial charge is 0.326 e. The molecule has 3 aromatic carbocycles. The lowest BCUT2D eigenvalue weighted by atomic mass is 10.0. The van der Waals surface area contributed by atoms with Gasteiger partial charge in [-0.25, -0.2) is 4.79 Å². The second-order valence-corrected chi connectivity index (χ2v) is 8.04. The lowest BCUT2D eigenvalue weighted by Crippen LogP contribution is -2.42. The lowest BCUT2D eigenvalue weighted by Gasteiger charge is -2.14. The van der Waals surface area contributed by atoms with Crippen LogP contribution in [0.2, 0.25) is 0 Å². The van der Waals surface area contributed by atoms with E-state index in [9.17, 15) is 18.9 Å². The van der Waals surface area contributed by atoms with E-state index >= 15 is 0 Å². The van der Waals surface area contributed by atoms with E-state index in [0.29, 0.717) is 4.90 Å². The molecule has 144 valence electrons. The molecule has 1 amide bonds. The fraction of sp³-hybridized carbons (Fsp3) is 0.182. The van der Waals surface area contributed by atoms with Crippen LogP contribution in [0.5, 0.6) is 0 Å². The summed E-state index contributed by atoms with van der Waals surface area (Å²) in [4.78, 5) is 24.5. The van der Waals surface area contributed by atoms with E-state index in [4.69, 9.17) is 0 Å². The van der Waals surface area contributed by atoms with E-state index in [2.05, 4.69) is 5.32 Å². The molecule has 0 aliphatic rings. The summed E-state index contributed by atoms with van der Waals surface area (Å²) in [6.07, 6.45) is 0.191. The van der Waals surface area contributed by atoms with Crippen molar-refractivity contribution in [2.75, 3.05) is 5.75 Å². The van der Waals surface area contributed by atoms with Crippen molar-refractivity contribution >= 4 is 33.4 Å². The Morgan fingerprint density at radius 3 is 2.32 bits per heavy atom. The topological polar surface area (TPSA) is 83.5 Å². The molecule has 0 fully saturated rings. The van der Waals surface area contributed by atoms with Crippen molar-refractivity contribution in [3.05, 3.63) is 78.4 Å². The number of amides is 1. The van der Waals surface area contributed by atoms with Gasteiger partial charge in [0, 0.05) is 10.6 Å². The lowest BCUT2D eigenvalue weighted by molar-refractivity contribution is -0.141. The van der Waals surface area contributed by atoms with E-state index in [0.717, 1.165) is 16.3 Å². The average molecular weight is 395 g/mol. The molecule has 0 unspecified atom stereocenters. The number of nitrogens with one attached hydrogen (secondary N) is 1. The minimum absolute atomic E-state index is 0.0936. The zero-order chi connectivity index (χ0) is 19.9.